The number of halogens is 3. The van der Waals surface area contributed by atoms with Crippen LogP contribution in [0.1, 0.15) is 71.4 Å². The molecule has 232 valence electrons. The predicted octanol–water partition coefficient (Wildman–Crippen LogP) is 7.24. The number of rotatable bonds is 5. The number of ether oxygens (including phenoxy) is 2. The Kier molecular flexibility index (Phi) is 9.34. The van der Waals surface area contributed by atoms with Gasteiger partial charge in [0.2, 0.25) is 11.9 Å². The second kappa shape index (κ2) is 12.5. The summed E-state index contributed by atoms with van der Waals surface area (Å²) in [5.74, 6) is -4.33. The third-order valence-corrected chi connectivity index (χ3v) is 7.95. The van der Waals surface area contributed by atoms with Gasteiger partial charge in [-0.3, -0.25) is 15.0 Å². The van der Waals surface area contributed by atoms with E-state index in [9.17, 15) is 23.2 Å². The summed E-state index contributed by atoms with van der Waals surface area (Å²) in [6, 6.07) is 13.5. The maximum absolute atomic E-state index is 14.3. The van der Waals surface area contributed by atoms with E-state index in [1.54, 1.807) is 45.9 Å². The molecule has 0 bridgehead atoms. The van der Waals surface area contributed by atoms with Crippen LogP contribution in [0.4, 0.5) is 24.1 Å². The molecular weight excluding hydrogens is 582 g/mol. The third-order valence-electron chi connectivity index (χ3n) is 7.55. The number of amides is 3. The zero-order chi connectivity index (χ0) is 31.6. The van der Waals surface area contributed by atoms with Gasteiger partial charge in [-0.15, -0.1) is 4.99 Å². The van der Waals surface area contributed by atoms with Crippen molar-refractivity contribution in [1.29, 1.82) is 0 Å². The summed E-state index contributed by atoms with van der Waals surface area (Å²) in [7, 11) is 0. The quantitative estimate of drug-likeness (QED) is 0.366. The normalized spacial score (nSPS) is 24.7. The van der Waals surface area contributed by atoms with Crippen LogP contribution in [0.25, 0.3) is 0 Å². The summed E-state index contributed by atoms with van der Waals surface area (Å²) in [5.41, 5.74) is -0.519. The predicted molar refractivity (Wildman–Crippen MR) is 159 cm³/mol. The molecule has 2 aromatic rings. The lowest BCUT2D eigenvalue weighted by Gasteiger charge is -2.47. The van der Waals surface area contributed by atoms with Crippen molar-refractivity contribution in [3.05, 3.63) is 64.7 Å². The van der Waals surface area contributed by atoms with Gasteiger partial charge in [0.15, 0.2) is 0 Å². The molecule has 2 N–H and O–H groups in total. The summed E-state index contributed by atoms with van der Waals surface area (Å²) in [6.07, 6.45) is -2.09. The second-order valence-corrected chi connectivity index (χ2v) is 12.6. The van der Waals surface area contributed by atoms with E-state index in [0.717, 1.165) is 5.56 Å². The number of hydrogen-bond acceptors (Lipinski definition) is 5. The molecule has 1 aliphatic carbocycles. The fraction of sp³-hybridized carbons (Fsp3) is 0.484. The van der Waals surface area contributed by atoms with Crippen molar-refractivity contribution < 1.29 is 32.6 Å². The molecule has 12 heteroatoms. The summed E-state index contributed by atoms with van der Waals surface area (Å²) < 4.78 is 39.3. The minimum Gasteiger partial charge on any atom is -0.444 e. The van der Waals surface area contributed by atoms with Crippen LogP contribution in [-0.2, 0) is 26.4 Å². The molecule has 43 heavy (non-hydrogen) atoms. The van der Waals surface area contributed by atoms with E-state index in [4.69, 9.17) is 21.1 Å². The van der Waals surface area contributed by atoms with E-state index < -0.39 is 47.1 Å². The lowest BCUT2D eigenvalue weighted by atomic mass is 9.81. The minimum absolute atomic E-state index is 0.0374. The fourth-order valence-electron chi connectivity index (χ4n) is 5.31. The van der Waals surface area contributed by atoms with E-state index in [1.807, 2.05) is 30.3 Å². The van der Waals surface area contributed by atoms with E-state index >= 15 is 0 Å². The first-order chi connectivity index (χ1) is 20.1. The molecule has 1 aliphatic heterocycles. The van der Waals surface area contributed by atoms with E-state index in [-0.39, 0.29) is 49.0 Å². The summed E-state index contributed by atoms with van der Waals surface area (Å²) in [6.45, 7) is 8.26. The van der Waals surface area contributed by atoms with Gasteiger partial charge in [-0.05, 0) is 57.7 Å². The van der Waals surface area contributed by atoms with Crippen LogP contribution in [0.5, 0.6) is 0 Å². The van der Waals surface area contributed by atoms with Gasteiger partial charge < -0.3 is 14.8 Å². The Labute approximate surface area is 255 Å². The second-order valence-electron chi connectivity index (χ2n) is 12.3. The standard InChI is InChI=1S/C31H37ClF2N4O5/c1-19-16-21(14-15-31(19,33)34)38-24(39)17-30(5,37-26(38)36-28(41)43-29(2,3)4)22-12-9-13-23(25(22)32)35-27(40)42-18-20-10-7-6-8-11-20/h6-13,19,21H,14-18H2,1-5H3,(H,35,40)(H,36,37,41)/t19-,21-,30+/m1/s1. The zero-order valence-electron chi connectivity index (χ0n) is 24.9. The highest BCUT2D eigenvalue weighted by molar-refractivity contribution is 6.34. The average Bonchev–Trinajstić information content (AvgIpc) is 2.90. The maximum atomic E-state index is 14.3. The monoisotopic (exact) mass is 618 g/mol. The highest BCUT2D eigenvalue weighted by atomic mass is 35.5. The first-order valence-corrected chi connectivity index (χ1v) is 14.5. The molecule has 1 saturated carbocycles. The number of guanidine groups is 1. The molecule has 2 aromatic carbocycles. The highest BCUT2D eigenvalue weighted by Gasteiger charge is 2.49. The molecule has 1 saturated heterocycles. The molecule has 3 atom stereocenters. The Balaban J connectivity index is 1.60. The number of hydrogen-bond donors (Lipinski definition) is 2. The topological polar surface area (TPSA) is 109 Å². The maximum Gasteiger partial charge on any atom is 0.437 e. The summed E-state index contributed by atoms with van der Waals surface area (Å²) in [4.78, 5) is 44.5. The fourth-order valence-corrected chi connectivity index (χ4v) is 5.69. The molecule has 2 fully saturated rings. The molecule has 9 nitrogen and oxygen atoms in total. The van der Waals surface area contributed by atoms with Gasteiger partial charge in [0.05, 0.1) is 22.7 Å². The third kappa shape index (κ3) is 7.81. The van der Waals surface area contributed by atoms with E-state index in [1.165, 1.54) is 11.8 Å². The van der Waals surface area contributed by atoms with Crippen LogP contribution < -0.4 is 10.6 Å². The lowest BCUT2D eigenvalue weighted by Crippen LogP contribution is -2.63. The van der Waals surface area contributed by atoms with Crippen molar-refractivity contribution in [2.45, 2.75) is 90.0 Å². The SMILES string of the molecule is C[C@@H]1C[C@H](N2C(=O)C[C@@](C)(c3cccc(NC(=O)OCc4ccccc4)c3Cl)N/C2=N\C(=O)OC(C)(C)C)CCC1(F)F. The smallest absolute Gasteiger partial charge is 0.437 e. The molecular formula is C31H37ClF2N4O5. The van der Waals surface area contributed by atoms with Crippen molar-refractivity contribution >= 4 is 41.3 Å². The number of alkyl halides is 2. The molecule has 0 aromatic heterocycles. The number of carbonyl (C=O) groups excluding carboxylic acids is 3. The van der Waals surface area contributed by atoms with Crippen molar-refractivity contribution in [3.8, 4) is 0 Å². The first kappa shape index (κ1) is 32.2. The first-order valence-electron chi connectivity index (χ1n) is 14.1. The largest absolute Gasteiger partial charge is 0.444 e. The van der Waals surface area contributed by atoms with Crippen LogP contribution in [0.2, 0.25) is 5.02 Å². The number of benzene rings is 2. The van der Waals surface area contributed by atoms with Crippen molar-refractivity contribution in [1.82, 2.24) is 10.2 Å². The number of aliphatic imine (C=N–C) groups is 1. The Morgan fingerprint density at radius 1 is 1.16 bits per heavy atom. The summed E-state index contributed by atoms with van der Waals surface area (Å²) >= 11 is 6.77. The number of anilines is 1. The molecule has 0 radical (unpaired) electrons. The van der Waals surface area contributed by atoms with Crippen LogP contribution in [-0.4, -0.2) is 46.5 Å². The number of nitrogens with one attached hydrogen (secondary N) is 2. The van der Waals surface area contributed by atoms with Gasteiger partial charge >= 0.3 is 12.2 Å². The zero-order valence-corrected chi connectivity index (χ0v) is 25.6. The molecule has 3 amide bonds. The Hall–Kier alpha value is -3.73. The van der Waals surface area contributed by atoms with Crippen LogP contribution >= 0.6 is 11.6 Å². The Morgan fingerprint density at radius 2 is 1.86 bits per heavy atom. The van der Waals surface area contributed by atoms with Gasteiger partial charge in [0.1, 0.15) is 12.2 Å². The molecule has 1 heterocycles. The van der Waals surface area contributed by atoms with E-state index in [0.29, 0.717) is 5.56 Å². The van der Waals surface area contributed by atoms with Gasteiger partial charge in [0.25, 0.3) is 5.92 Å². The number of carbonyl (C=O) groups is 3. The average molecular weight is 619 g/mol. The highest BCUT2D eigenvalue weighted by Crippen LogP contribution is 2.43. The van der Waals surface area contributed by atoms with E-state index in [2.05, 4.69) is 15.6 Å². The Morgan fingerprint density at radius 3 is 2.51 bits per heavy atom. The van der Waals surface area contributed by atoms with Crippen molar-refractivity contribution in [2.24, 2.45) is 10.9 Å². The van der Waals surface area contributed by atoms with Gasteiger partial charge in [-0.25, -0.2) is 18.4 Å². The van der Waals surface area contributed by atoms with Crippen LogP contribution in [0.3, 0.4) is 0 Å². The molecule has 4 rings (SSSR count). The lowest BCUT2D eigenvalue weighted by molar-refractivity contribution is -0.137. The van der Waals surface area contributed by atoms with Gasteiger partial charge in [-0.2, -0.15) is 0 Å². The molecule has 0 unspecified atom stereocenters. The molecule has 0 spiro atoms. The van der Waals surface area contributed by atoms with Crippen molar-refractivity contribution in [2.75, 3.05) is 5.32 Å². The van der Waals surface area contributed by atoms with Gasteiger partial charge in [0, 0.05) is 18.4 Å². The van der Waals surface area contributed by atoms with Crippen LogP contribution in [0, 0.1) is 5.92 Å². The number of nitrogens with zero attached hydrogens (tertiary/aromatic N) is 2. The minimum atomic E-state index is -2.84. The summed E-state index contributed by atoms with van der Waals surface area (Å²) in [5, 5.41) is 5.97. The van der Waals surface area contributed by atoms with Crippen LogP contribution in [0.15, 0.2) is 53.5 Å². The molecule has 2 aliphatic rings. The Bertz CT molecular complexity index is 1400. The van der Waals surface area contributed by atoms with Crippen molar-refractivity contribution in [3.63, 3.8) is 0 Å². The van der Waals surface area contributed by atoms with Gasteiger partial charge in [-0.1, -0.05) is 61.0 Å².